The molecule has 1 aromatic carbocycles. The number of ether oxygens (including phenoxy) is 2. The predicted octanol–water partition coefficient (Wildman–Crippen LogP) is 3.07. The molecule has 4 nitrogen and oxygen atoms in total. The first-order chi connectivity index (χ1) is 9.81. The summed E-state index contributed by atoms with van der Waals surface area (Å²) in [4.78, 5) is 2.48. The number of halogens is 2. The molecule has 1 heterocycles. The first-order valence-electron chi connectivity index (χ1n) is 7.08. The Balaban J connectivity index is 0.00000220. The normalized spacial score (nSPS) is 15.9. The standard InChI is InChI=1S/C16H24N2O2.2ClH/c1-4-6-14(18-11-9-17-10-12-18)13-7-5-8-15(19-2)16(13)20-3;;/h4-5,7-8,14,17H,1,6,9-12H2,2-3H3;2*1H/t14-;;/m0../s1. The maximum absolute atomic E-state index is 5.58. The molecule has 1 saturated heterocycles. The molecule has 0 bridgehead atoms. The molecule has 1 fully saturated rings. The van der Waals surface area contributed by atoms with Crippen molar-refractivity contribution in [3.63, 3.8) is 0 Å². The van der Waals surface area contributed by atoms with E-state index in [4.69, 9.17) is 9.47 Å². The van der Waals surface area contributed by atoms with Crippen molar-refractivity contribution in [2.24, 2.45) is 0 Å². The van der Waals surface area contributed by atoms with Crippen molar-refractivity contribution in [3.05, 3.63) is 36.4 Å². The number of nitrogens with one attached hydrogen (secondary N) is 1. The van der Waals surface area contributed by atoms with E-state index in [0.717, 1.165) is 44.1 Å². The van der Waals surface area contributed by atoms with E-state index >= 15 is 0 Å². The summed E-state index contributed by atoms with van der Waals surface area (Å²) in [6.45, 7) is 8.04. The number of methoxy groups -OCH3 is 2. The van der Waals surface area contributed by atoms with E-state index in [0.29, 0.717) is 6.04 Å². The van der Waals surface area contributed by atoms with Crippen molar-refractivity contribution in [1.82, 2.24) is 10.2 Å². The summed E-state index contributed by atoms with van der Waals surface area (Å²) in [5.41, 5.74) is 1.17. The highest BCUT2D eigenvalue weighted by atomic mass is 35.5. The van der Waals surface area contributed by atoms with E-state index in [1.54, 1.807) is 14.2 Å². The van der Waals surface area contributed by atoms with Gasteiger partial charge in [-0.25, -0.2) is 0 Å². The molecule has 1 atom stereocenters. The summed E-state index contributed by atoms with van der Waals surface area (Å²) >= 11 is 0. The Morgan fingerprint density at radius 3 is 2.45 bits per heavy atom. The molecule has 1 aromatic rings. The largest absolute Gasteiger partial charge is 0.493 e. The molecule has 0 aliphatic carbocycles. The van der Waals surface area contributed by atoms with Crippen LogP contribution in [0.1, 0.15) is 18.0 Å². The fourth-order valence-corrected chi connectivity index (χ4v) is 2.80. The number of benzene rings is 1. The van der Waals surface area contributed by atoms with Crippen molar-refractivity contribution in [2.75, 3.05) is 40.4 Å². The SMILES string of the molecule is C=CC[C@@H](c1cccc(OC)c1OC)N1CCNCC1.Cl.Cl. The summed E-state index contributed by atoms with van der Waals surface area (Å²) in [7, 11) is 3.37. The van der Waals surface area contributed by atoms with Crippen LogP contribution in [0.25, 0.3) is 0 Å². The van der Waals surface area contributed by atoms with E-state index in [2.05, 4.69) is 22.9 Å². The summed E-state index contributed by atoms with van der Waals surface area (Å²) in [6, 6.07) is 6.37. The van der Waals surface area contributed by atoms with Crippen LogP contribution in [0, 0.1) is 0 Å². The monoisotopic (exact) mass is 348 g/mol. The zero-order valence-electron chi connectivity index (χ0n) is 13.2. The van der Waals surface area contributed by atoms with Crippen LogP contribution in [0.15, 0.2) is 30.9 Å². The number of para-hydroxylation sites is 1. The van der Waals surface area contributed by atoms with Crippen LogP contribution >= 0.6 is 24.8 Å². The molecule has 6 heteroatoms. The van der Waals surface area contributed by atoms with Crippen molar-refractivity contribution in [3.8, 4) is 11.5 Å². The average molecular weight is 349 g/mol. The molecule has 2 rings (SSSR count). The topological polar surface area (TPSA) is 33.7 Å². The van der Waals surface area contributed by atoms with Crippen molar-refractivity contribution in [2.45, 2.75) is 12.5 Å². The number of nitrogens with zero attached hydrogens (tertiary/aromatic N) is 1. The van der Waals surface area contributed by atoms with Gasteiger partial charge in [0.05, 0.1) is 14.2 Å². The average Bonchev–Trinajstić information content (AvgIpc) is 2.52. The van der Waals surface area contributed by atoms with Gasteiger partial charge in [0.2, 0.25) is 0 Å². The third kappa shape index (κ3) is 4.78. The molecule has 0 saturated carbocycles. The van der Waals surface area contributed by atoms with Crippen LogP contribution in [0.3, 0.4) is 0 Å². The maximum atomic E-state index is 5.58. The molecule has 1 aliphatic rings. The van der Waals surface area contributed by atoms with Crippen LogP contribution in [0.4, 0.5) is 0 Å². The Morgan fingerprint density at radius 1 is 1.23 bits per heavy atom. The Bertz CT molecular complexity index is 452. The second-order valence-corrected chi connectivity index (χ2v) is 4.91. The van der Waals surface area contributed by atoms with Gasteiger partial charge in [0.25, 0.3) is 0 Å². The van der Waals surface area contributed by atoms with Gasteiger partial charge in [-0.15, -0.1) is 31.4 Å². The second-order valence-electron chi connectivity index (χ2n) is 4.91. The molecule has 1 aliphatic heterocycles. The van der Waals surface area contributed by atoms with Crippen LogP contribution < -0.4 is 14.8 Å². The number of piperazine rings is 1. The third-order valence-corrected chi connectivity index (χ3v) is 3.77. The van der Waals surface area contributed by atoms with Crippen LogP contribution in [0.2, 0.25) is 0 Å². The fourth-order valence-electron chi connectivity index (χ4n) is 2.80. The van der Waals surface area contributed by atoms with Gasteiger partial charge in [0.15, 0.2) is 11.5 Å². The highest BCUT2D eigenvalue weighted by Crippen LogP contribution is 2.38. The fraction of sp³-hybridized carbons (Fsp3) is 0.500. The highest BCUT2D eigenvalue weighted by Gasteiger charge is 2.25. The lowest BCUT2D eigenvalue weighted by molar-refractivity contribution is 0.171. The van der Waals surface area contributed by atoms with Gasteiger partial charge in [-0.2, -0.15) is 0 Å². The lowest BCUT2D eigenvalue weighted by atomic mass is 9.99. The molecule has 0 spiro atoms. The lowest BCUT2D eigenvalue weighted by Gasteiger charge is -2.35. The molecule has 1 N–H and O–H groups in total. The number of hydrogen-bond acceptors (Lipinski definition) is 4. The molecular weight excluding hydrogens is 323 g/mol. The lowest BCUT2D eigenvalue weighted by Crippen LogP contribution is -2.45. The number of hydrogen-bond donors (Lipinski definition) is 1. The minimum atomic E-state index is 0. The van der Waals surface area contributed by atoms with Gasteiger partial charge in [-0.1, -0.05) is 18.2 Å². The molecule has 22 heavy (non-hydrogen) atoms. The predicted molar refractivity (Wildman–Crippen MR) is 96.0 cm³/mol. The van der Waals surface area contributed by atoms with Gasteiger partial charge in [0, 0.05) is 37.8 Å². The van der Waals surface area contributed by atoms with Crippen molar-refractivity contribution < 1.29 is 9.47 Å². The maximum Gasteiger partial charge on any atom is 0.165 e. The smallest absolute Gasteiger partial charge is 0.165 e. The third-order valence-electron chi connectivity index (χ3n) is 3.77. The summed E-state index contributed by atoms with van der Waals surface area (Å²) in [5.74, 6) is 1.62. The summed E-state index contributed by atoms with van der Waals surface area (Å²) in [6.07, 6.45) is 2.88. The second kappa shape index (κ2) is 10.7. The molecule has 126 valence electrons. The summed E-state index contributed by atoms with van der Waals surface area (Å²) < 4.78 is 11.0. The van der Waals surface area contributed by atoms with Gasteiger partial charge in [-0.05, 0) is 12.5 Å². The van der Waals surface area contributed by atoms with Gasteiger partial charge >= 0.3 is 0 Å². The van der Waals surface area contributed by atoms with E-state index in [-0.39, 0.29) is 24.8 Å². The van der Waals surface area contributed by atoms with Crippen molar-refractivity contribution in [1.29, 1.82) is 0 Å². The Kier molecular flexibility index (Phi) is 10.3. The molecule has 0 radical (unpaired) electrons. The Morgan fingerprint density at radius 2 is 1.91 bits per heavy atom. The molecular formula is C16H26Cl2N2O2. The first kappa shape index (κ1) is 21.1. The molecule has 0 amide bonds. The Hall–Kier alpha value is -0.940. The molecule has 0 unspecified atom stereocenters. The number of rotatable bonds is 6. The van der Waals surface area contributed by atoms with Gasteiger partial charge < -0.3 is 14.8 Å². The van der Waals surface area contributed by atoms with E-state index in [1.807, 2.05) is 18.2 Å². The first-order valence-corrected chi connectivity index (χ1v) is 7.08. The van der Waals surface area contributed by atoms with E-state index in [9.17, 15) is 0 Å². The van der Waals surface area contributed by atoms with Crippen molar-refractivity contribution >= 4 is 24.8 Å². The van der Waals surface area contributed by atoms with Gasteiger partial charge in [-0.3, -0.25) is 4.90 Å². The zero-order valence-corrected chi connectivity index (χ0v) is 14.8. The highest BCUT2D eigenvalue weighted by molar-refractivity contribution is 5.85. The van der Waals surface area contributed by atoms with Gasteiger partial charge in [0.1, 0.15) is 0 Å². The van der Waals surface area contributed by atoms with E-state index < -0.39 is 0 Å². The van der Waals surface area contributed by atoms with E-state index in [1.165, 1.54) is 5.56 Å². The minimum Gasteiger partial charge on any atom is -0.493 e. The minimum absolute atomic E-state index is 0. The van der Waals surface area contributed by atoms with Crippen LogP contribution in [0.5, 0.6) is 11.5 Å². The van der Waals surface area contributed by atoms with Crippen LogP contribution in [-0.4, -0.2) is 45.3 Å². The quantitative estimate of drug-likeness (QED) is 0.801. The zero-order chi connectivity index (χ0) is 14.4. The summed E-state index contributed by atoms with van der Waals surface area (Å²) in [5, 5.41) is 3.39. The Labute approximate surface area is 145 Å². The molecule has 0 aromatic heterocycles. The van der Waals surface area contributed by atoms with Crippen LogP contribution in [-0.2, 0) is 0 Å².